The summed E-state index contributed by atoms with van der Waals surface area (Å²) in [6, 6.07) is 8.11. The molecular weight excluding hydrogens is 390 g/mol. The number of thioether (sulfide) groups is 1. The van der Waals surface area contributed by atoms with Crippen molar-refractivity contribution in [3.8, 4) is 11.1 Å². The van der Waals surface area contributed by atoms with Crippen LogP contribution in [0.1, 0.15) is 12.5 Å². The molecule has 0 radical (unpaired) electrons. The van der Waals surface area contributed by atoms with Crippen molar-refractivity contribution in [3.05, 3.63) is 58.2 Å². The molecule has 2 heterocycles. The summed E-state index contributed by atoms with van der Waals surface area (Å²) in [5.41, 5.74) is 2.96. The first-order chi connectivity index (χ1) is 13.3. The van der Waals surface area contributed by atoms with Gasteiger partial charge >= 0.3 is 0 Å². The molecule has 0 spiro atoms. The fourth-order valence-corrected chi connectivity index (χ4v) is 4.96. The number of amides is 1. The molecule has 3 rings (SSSR count). The second kappa shape index (κ2) is 8.32. The van der Waals surface area contributed by atoms with E-state index >= 15 is 0 Å². The quantitative estimate of drug-likeness (QED) is 0.345. The lowest BCUT2D eigenvalue weighted by molar-refractivity contribution is -0.127. The molecule has 3 aromatic rings. The number of benzene rings is 1. The molecule has 7 heteroatoms. The predicted molar refractivity (Wildman–Crippen MR) is 118 cm³/mol. The summed E-state index contributed by atoms with van der Waals surface area (Å²) >= 11 is 2.75. The molecule has 0 saturated carbocycles. The normalized spacial score (nSPS) is 12.1. The Morgan fingerprint density at radius 1 is 1.36 bits per heavy atom. The number of fused-ring (bicyclic) bond motifs is 1. The lowest BCUT2D eigenvalue weighted by atomic mass is 10.1. The summed E-state index contributed by atoms with van der Waals surface area (Å²) < 4.78 is 1.60. The maximum absolute atomic E-state index is 13.3. The molecule has 0 aliphatic carbocycles. The van der Waals surface area contributed by atoms with Crippen LogP contribution in [0.25, 0.3) is 21.3 Å². The van der Waals surface area contributed by atoms with E-state index < -0.39 is 0 Å². The molecule has 0 aliphatic heterocycles. The Morgan fingerprint density at radius 2 is 2.04 bits per heavy atom. The van der Waals surface area contributed by atoms with Crippen LogP contribution in [-0.2, 0) is 11.3 Å². The molecule has 0 unspecified atom stereocenters. The molecule has 0 aliphatic rings. The highest BCUT2D eigenvalue weighted by atomic mass is 32.2. The molecule has 2 aromatic heterocycles. The minimum Gasteiger partial charge on any atom is -0.348 e. The van der Waals surface area contributed by atoms with Crippen LogP contribution in [0.15, 0.2) is 52.3 Å². The highest BCUT2D eigenvalue weighted by Crippen LogP contribution is 2.33. The number of hydrogen-bond donors (Lipinski definition) is 0. The molecule has 1 amide bonds. The van der Waals surface area contributed by atoms with Crippen LogP contribution in [-0.4, -0.2) is 39.7 Å². The molecule has 0 fully saturated rings. The van der Waals surface area contributed by atoms with Crippen molar-refractivity contribution in [1.82, 2.24) is 14.5 Å². The third-order valence-corrected chi connectivity index (χ3v) is 6.35. The van der Waals surface area contributed by atoms with Crippen molar-refractivity contribution in [2.45, 2.75) is 30.8 Å². The number of aromatic nitrogens is 2. The van der Waals surface area contributed by atoms with Crippen molar-refractivity contribution in [2.75, 3.05) is 14.1 Å². The minimum absolute atomic E-state index is 0.0176. The smallest absolute Gasteiger partial charge is 0.263 e. The predicted octanol–water partition coefficient (Wildman–Crippen LogP) is 4.19. The van der Waals surface area contributed by atoms with Crippen molar-refractivity contribution in [2.24, 2.45) is 0 Å². The lowest BCUT2D eigenvalue weighted by Gasteiger charge is -2.17. The molecule has 1 aromatic carbocycles. The van der Waals surface area contributed by atoms with Gasteiger partial charge in [-0.3, -0.25) is 14.2 Å². The monoisotopic (exact) mass is 413 g/mol. The van der Waals surface area contributed by atoms with E-state index in [1.165, 1.54) is 28.7 Å². The van der Waals surface area contributed by atoms with Gasteiger partial charge < -0.3 is 4.90 Å². The van der Waals surface area contributed by atoms with Gasteiger partial charge in [0.2, 0.25) is 5.91 Å². The first-order valence-corrected chi connectivity index (χ1v) is 10.7. The van der Waals surface area contributed by atoms with E-state index in [4.69, 9.17) is 4.98 Å². The van der Waals surface area contributed by atoms with Crippen molar-refractivity contribution in [3.63, 3.8) is 0 Å². The average molecular weight is 414 g/mol. The van der Waals surface area contributed by atoms with Gasteiger partial charge in [0.15, 0.2) is 5.16 Å². The van der Waals surface area contributed by atoms with Gasteiger partial charge in [0, 0.05) is 31.6 Å². The largest absolute Gasteiger partial charge is 0.348 e. The molecule has 1 atom stereocenters. The fraction of sp³-hybridized carbons (Fsp3) is 0.286. The maximum atomic E-state index is 13.3. The number of allylic oxidation sites excluding steroid dienone is 1. The van der Waals surface area contributed by atoms with Crippen LogP contribution in [0.4, 0.5) is 0 Å². The summed E-state index contributed by atoms with van der Waals surface area (Å²) in [5.74, 6) is -0.0176. The zero-order valence-electron chi connectivity index (χ0n) is 16.4. The van der Waals surface area contributed by atoms with Gasteiger partial charge in [-0.05, 0) is 19.4 Å². The Kier molecular flexibility index (Phi) is 6.05. The molecule has 0 saturated heterocycles. The second-order valence-electron chi connectivity index (χ2n) is 6.79. The van der Waals surface area contributed by atoms with Crippen molar-refractivity contribution in [1.29, 1.82) is 0 Å². The Morgan fingerprint density at radius 3 is 2.64 bits per heavy atom. The van der Waals surface area contributed by atoms with E-state index in [0.717, 1.165) is 11.1 Å². The van der Waals surface area contributed by atoms with Crippen LogP contribution in [0, 0.1) is 6.92 Å². The van der Waals surface area contributed by atoms with E-state index in [1.807, 2.05) is 43.5 Å². The van der Waals surface area contributed by atoms with E-state index in [0.29, 0.717) is 21.9 Å². The van der Waals surface area contributed by atoms with E-state index in [1.54, 1.807) is 29.6 Å². The van der Waals surface area contributed by atoms with E-state index in [9.17, 15) is 9.59 Å². The molecule has 28 heavy (non-hydrogen) atoms. The molecule has 5 nitrogen and oxygen atoms in total. The fourth-order valence-electron chi connectivity index (χ4n) is 2.90. The van der Waals surface area contributed by atoms with Crippen LogP contribution >= 0.6 is 23.1 Å². The summed E-state index contributed by atoms with van der Waals surface area (Å²) in [4.78, 5) is 32.5. The summed E-state index contributed by atoms with van der Waals surface area (Å²) in [5, 5.41) is 2.79. The number of rotatable bonds is 6. The van der Waals surface area contributed by atoms with E-state index in [2.05, 4.69) is 6.58 Å². The number of nitrogens with zero attached hydrogens (tertiary/aromatic N) is 3. The Balaban J connectivity index is 2.13. The Bertz CT molecular complexity index is 1080. The third-order valence-electron chi connectivity index (χ3n) is 4.40. The molecule has 0 bridgehead atoms. The standard InChI is InChI=1S/C21H23N3O2S2/c1-6-11-24-20(26)17-16(15-9-7-13(2)8-10-15)12-27-18(17)22-21(24)28-14(3)19(25)23(4)5/h6-10,12,14H,1,11H2,2-5H3/t14-/m0/s1. The molecule has 0 N–H and O–H groups in total. The van der Waals surface area contributed by atoms with Gasteiger partial charge in [0.05, 0.1) is 10.6 Å². The number of carbonyl (C=O) groups is 1. The topological polar surface area (TPSA) is 55.2 Å². The number of aryl methyl sites for hydroxylation is 1. The number of thiophene rings is 1. The summed E-state index contributed by atoms with van der Waals surface area (Å²) in [6.07, 6.45) is 1.68. The molecule has 146 valence electrons. The average Bonchev–Trinajstić information content (AvgIpc) is 3.08. The highest BCUT2D eigenvalue weighted by Gasteiger charge is 2.22. The van der Waals surface area contributed by atoms with Crippen LogP contribution in [0.2, 0.25) is 0 Å². The zero-order chi connectivity index (χ0) is 20.4. The third kappa shape index (κ3) is 3.91. The highest BCUT2D eigenvalue weighted by molar-refractivity contribution is 8.00. The number of carbonyl (C=O) groups excluding carboxylic acids is 1. The first kappa shape index (κ1) is 20.4. The maximum Gasteiger partial charge on any atom is 0.263 e. The van der Waals surface area contributed by atoms with Gasteiger partial charge in [-0.1, -0.05) is 47.7 Å². The molecular formula is C21H23N3O2S2. The SMILES string of the molecule is C=CCn1c(S[C@@H](C)C(=O)N(C)C)nc2scc(-c3ccc(C)cc3)c2c1=O. The Labute approximate surface area is 172 Å². The zero-order valence-corrected chi connectivity index (χ0v) is 18.1. The van der Waals surface area contributed by atoms with Gasteiger partial charge in [-0.15, -0.1) is 17.9 Å². The van der Waals surface area contributed by atoms with Gasteiger partial charge in [0.25, 0.3) is 5.56 Å². The van der Waals surface area contributed by atoms with Crippen LogP contribution in [0.5, 0.6) is 0 Å². The van der Waals surface area contributed by atoms with Gasteiger partial charge in [-0.25, -0.2) is 4.98 Å². The summed E-state index contributed by atoms with van der Waals surface area (Å²) in [6.45, 7) is 7.98. The van der Waals surface area contributed by atoms with Crippen LogP contribution in [0.3, 0.4) is 0 Å². The van der Waals surface area contributed by atoms with E-state index in [-0.39, 0.29) is 16.7 Å². The van der Waals surface area contributed by atoms with Gasteiger partial charge in [0.1, 0.15) is 4.83 Å². The summed E-state index contributed by atoms with van der Waals surface area (Å²) in [7, 11) is 3.44. The minimum atomic E-state index is -0.341. The number of hydrogen-bond acceptors (Lipinski definition) is 5. The van der Waals surface area contributed by atoms with Crippen LogP contribution < -0.4 is 5.56 Å². The second-order valence-corrected chi connectivity index (χ2v) is 8.95. The van der Waals surface area contributed by atoms with Crippen molar-refractivity contribution >= 4 is 39.2 Å². The van der Waals surface area contributed by atoms with Gasteiger partial charge in [-0.2, -0.15) is 0 Å². The first-order valence-electron chi connectivity index (χ1n) is 8.91. The Hall–Kier alpha value is -2.38. The lowest BCUT2D eigenvalue weighted by Crippen LogP contribution is -2.31. The van der Waals surface area contributed by atoms with Crippen molar-refractivity contribution < 1.29 is 4.79 Å².